The molecule has 0 aliphatic carbocycles. The molecule has 0 spiro atoms. The maximum Gasteiger partial charge on any atom is 0.261 e. The molecular weight excluding hydrogens is 362 g/mol. The molecule has 0 saturated carbocycles. The van der Waals surface area contributed by atoms with E-state index >= 15 is 0 Å². The van der Waals surface area contributed by atoms with Crippen LogP contribution in [-0.2, 0) is 0 Å². The van der Waals surface area contributed by atoms with Gasteiger partial charge >= 0.3 is 0 Å². The van der Waals surface area contributed by atoms with Gasteiger partial charge in [-0.25, -0.2) is 15.0 Å². The maximum absolute atomic E-state index is 13.1. The molecule has 0 bridgehead atoms. The van der Waals surface area contributed by atoms with Crippen LogP contribution < -0.4 is 5.56 Å². The van der Waals surface area contributed by atoms with Gasteiger partial charge in [-0.1, -0.05) is 0 Å². The number of pyridine rings is 2. The van der Waals surface area contributed by atoms with Crippen LogP contribution >= 0.6 is 11.3 Å². The SMILES string of the molecule is Cc1ncsc1-c1cc2c(=O)n([C@@H](C)CO)cnc2c(-c2cccnc2)n1. The van der Waals surface area contributed by atoms with E-state index in [-0.39, 0.29) is 18.2 Å². The molecule has 0 aromatic carbocycles. The van der Waals surface area contributed by atoms with Crippen molar-refractivity contribution in [2.75, 3.05) is 6.61 Å². The second-order valence-electron chi connectivity index (χ2n) is 6.25. The first kappa shape index (κ1) is 17.4. The van der Waals surface area contributed by atoms with Gasteiger partial charge in [-0.3, -0.25) is 14.3 Å². The van der Waals surface area contributed by atoms with Gasteiger partial charge < -0.3 is 5.11 Å². The number of nitrogens with zero attached hydrogens (tertiary/aromatic N) is 5. The van der Waals surface area contributed by atoms with Crippen molar-refractivity contribution in [1.82, 2.24) is 24.5 Å². The fourth-order valence-electron chi connectivity index (χ4n) is 2.91. The molecule has 0 amide bonds. The average Bonchev–Trinajstić information content (AvgIpc) is 3.13. The second kappa shape index (κ2) is 6.98. The van der Waals surface area contributed by atoms with Crippen LogP contribution in [0.3, 0.4) is 0 Å². The Bertz CT molecular complexity index is 1170. The second-order valence-corrected chi connectivity index (χ2v) is 7.10. The van der Waals surface area contributed by atoms with E-state index in [4.69, 9.17) is 4.98 Å². The minimum Gasteiger partial charge on any atom is -0.394 e. The molecule has 0 aliphatic rings. The Labute approximate surface area is 159 Å². The van der Waals surface area contributed by atoms with E-state index in [1.807, 2.05) is 19.1 Å². The van der Waals surface area contributed by atoms with Crippen molar-refractivity contribution in [1.29, 1.82) is 0 Å². The molecule has 0 aliphatic heterocycles. The number of aryl methyl sites for hydroxylation is 1. The molecule has 0 unspecified atom stereocenters. The van der Waals surface area contributed by atoms with Gasteiger partial charge in [-0.2, -0.15) is 0 Å². The monoisotopic (exact) mass is 379 g/mol. The number of aliphatic hydroxyl groups is 1. The minimum atomic E-state index is -0.363. The number of hydrogen-bond acceptors (Lipinski definition) is 7. The van der Waals surface area contributed by atoms with Gasteiger partial charge in [0.2, 0.25) is 0 Å². The lowest BCUT2D eigenvalue weighted by Crippen LogP contribution is -2.25. The van der Waals surface area contributed by atoms with Crippen LogP contribution in [0.1, 0.15) is 18.7 Å². The van der Waals surface area contributed by atoms with E-state index in [0.29, 0.717) is 22.3 Å². The smallest absolute Gasteiger partial charge is 0.261 e. The maximum atomic E-state index is 13.1. The van der Waals surface area contributed by atoms with Crippen molar-refractivity contribution in [2.45, 2.75) is 19.9 Å². The van der Waals surface area contributed by atoms with Gasteiger partial charge in [0.1, 0.15) is 5.52 Å². The Hall–Kier alpha value is -2.97. The normalized spacial score (nSPS) is 12.4. The lowest BCUT2D eigenvalue weighted by atomic mass is 10.1. The lowest BCUT2D eigenvalue weighted by Gasteiger charge is -2.14. The highest BCUT2D eigenvalue weighted by molar-refractivity contribution is 7.13. The zero-order valence-electron chi connectivity index (χ0n) is 14.8. The molecule has 136 valence electrons. The minimum absolute atomic E-state index is 0.144. The number of thiazole rings is 1. The summed E-state index contributed by atoms with van der Waals surface area (Å²) >= 11 is 1.48. The summed E-state index contributed by atoms with van der Waals surface area (Å²) in [6.45, 7) is 3.54. The highest BCUT2D eigenvalue weighted by Crippen LogP contribution is 2.31. The predicted molar refractivity (Wildman–Crippen MR) is 105 cm³/mol. The van der Waals surface area contributed by atoms with Gasteiger partial charge in [0.15, 0.2) is 0 Å². The third-order valence-electron chi connectivity index (χ3n) is 4.42. The highest BCUT2D eigenvalue weighted by atomic mass is 32.1. The third-order valence-corrected chi connectivity index (χ3v) is 5.37. The van der Waals surface area contributed by atoms with Gasteiger partial charge in [0.05, 0.1) is 51.8 Å². The van der Waals surface area contributed by atoms with E-state index in [1.54, 1.807) is 30.9 Å². The van der Waals surface area contributed by atoms with Crippen molar-refractivity contribution < 1.29 is 5.11 Å². The van der Waals surface area contributed by atoms with Crippen LogP contribution in [-0.4, -0.2) is 36.2 Å². The van der Waals surface area contributed by atoms with Crippen LogP contribution in [0.4, 0.5) is 0 Å². The Balaban J connectivity index is 2.08. The zero-order chi connectivity index (χ0) is 19.0. The molecule has 1 atom stereocenters. The fourth-order valence-corrected chi connectivity index (χ4v) is 3.68. The van der Waals surface area contributed by atoms with E-state index in [9.17, 15) is 9.90 Å². The van der Waals surface area contributed by atoms with Crippen LogP contribution in [0.15, 0.2) is 47.2 Å². The fraction of sp³-hybridized carbons (Fsp3) is 0.211. The van der Waals surface area contributed by atoms with Gasteiger partial charge in [0, 0.05) is 18.0 Å². The standard InChI is InChI=1S/C19H17N5O2S/c1-11(8-25)24-9-21-17-14(19(24)26)6-15(18-12(2)22-10-27-18)23-16(17)13-4-3-5-20-7-13/h3-7,9-11,25H,8H2,1-2H3/t11-/m0/s1. The molecule has 0 fully saturated rings. The third kappa shape index (κ3) is 3.02. The van der Waals surface area contributed by atoms with Gasteiger partial charge in [-0.15, -0.1) is 11.3 Å². The summed E-state index contributed by atoms with van der Waals surface area (Å²) in [6, 6.07) is 5.11. The summed E-state index contributed by atoms with van der Waals surface area (Å²) < 4.78 is 1.44. The molecule has 27 heavy (non-hydrogen) atoms. The summed E-state index contributed by atoms with van der Waals surface area (Å²) in [5.41, 5.74) is 4.98. The molecule has 4 aromatic rings. The molecule has 0 radical (unpaired) electrons. The van der Waals surface area contributed by atoms with E-state index < -0.39 is 0 Å². The number of aromatic nitrogens is 5. The molecule has 4 rings (SSSR count). The average molecular weight is 379 g/mol. The lowest BCUT2D eigenvalue weighted by molar-refractivity contribution is 0.236. The first-order valence-electron chi connectivity index (χ1n) is 8.43. The number of fused-ring (bicyclic) bond motifs is 1. The Morgan fingerprint density at radius 3 is 2.85 bits per heavy atom. The first-order chi connectivity index (χ1) is 13.1. The van der Waals surface area contributed by atoms with E-state index in [0.717, 1.165) is 16.1 Å². The summed E-state index contributed by atoms with van der Waals surface area (Å²) in [5.74, 6) is 0. The van der Waals surface area contributed by atoms with Crippen molar-refractivity contribution in [3.8, 4) is 21.8 Å². The van der Waals surface area contributed by atoms with Gasteiger partial charge in [-0.05, 0) is 32.0 Å². The molecule has 8 heteroatoms. The largest absolute Gasteiger partial charge is 0.394 e. The molecule has 4 aromatic heterocycles. The highest BCUT2D eigenvalue weighted by Gasteiger charge is 2.18. The number of aliphatic hydroxyl groups excluding tert-OH is 1. The Morgan fingerprint density at radius 1 is 1.33 bits per heavy atom. The number of rotatable bonds is 4. The predicted octanol–water partition coefficient (Wildman–Crippen LogP) is 2.84. The number of hydrogen-bond donors (Lipinski definition) is 1. The van der Waals surface area contributed by atoms with Crippen LogP contribution in [0, 0.1) is 6.92 Å². The zero-order valence-corrected chi connectivity index (χ0v) is 15.6. The van der Waals surface area contributed by atoms with E-state index in [2.05, 4.69) is 15.0 Å². The van der Waals surface area contributed by atoms with Crippen molar-refractivity contribution in [3.63, 3.8) is 0 Å². The first-order valence-corrected chi connectivity index (χ1v) is 9.31. The Morgan fingerprint density at radius 2 is 2.19 bits per heavy atom. The topological polar surface area (TPSA) is 93.8 Å². The molecular formula is C19H17N5O2S. The summed E-state index contributed by atoms with van der Waals surface area (Å²) in [7, 11) is 0. The molecule has 0 saturated heterocycles. The van der Waals surface area contributed by atoms with Crippen molar-refractivity contribution in [2.24, 2.45) is 0 Å². The molecule has 4 heterocycles. The summed E-state index contributed by atoms with van der Waals surface area (Å²) in [4.78, 5) is 31.7. The summed E-state index contributed by atoms with van der Waals surface area (Å²) in [5, 5.41) is 9.90. The van der Waals surface area contributed by atoms with Crippen molar-refractivity contribution >= 4 is 22.2 Å². The van der Waals surface area contributed by atoms with Crippen LogP contribution in [0.25, 0.3) is 32.7 Å². The van der Waals surface area contributed by atoms with Gasteiger partial charge in [0.25, 0.3) is 5.56 Å². The molecule has 1 N–H and O–H groups in total. The van der Waals surface area contributed by atoms with Crippen LogP contribution in [0.2, 0.25) is 0 Å². The Kier molecular flexibility index (Phi) is 4.51. The van der Waals surface area contributed by atoms with Crippen LogP contribution in [0.5, 0.6) is 0 Å². The van der Waals surface area contributed by atoms with Crippen molar-refractivity contribution in [3.05, 3.63) is 58.5 Å². The quantitative estimate of drug-likeness (QED) is 0.586. The van der Waals surface area contributed by atoms with E-state index in [1.165, 1.54) is 22.2 Å². The summed E-state index contributed by atoms with van der Waals surface area (Å²) in [6.07, 6.45) is 4.85. The molecule has 7 nitrogen and oxygen atoms in total.